The SMILES string of the molecule is CS(=O)(=O)OCCC1C#CC(C#N)=CC1. The first kappa shape index (κ1) is 11.8. The van der Waals surface area contributed by atoms with Gasteiger partial charge in [0.1, 0.15) is 6.07 Å². The molecule has 0 heterocycles. The van der Waals surface area contributed by atoms with E-state index in [2.05, 4.69) is 16.0 Å². The van der Waals surface area contributed by atoms with E-state index in [1.165, 1.54) is 0 Å². The standard InChI is InChI=1S/C10H11NO3S/c1-15(12,13)14-7-6-9-2-4-10(8-11)5-3-9/h4,9H,2,6-7H2,1H3. The quantitative estimate of drug-likeness (QED) is 0.525. The van der Waals surface area contributed by atoms with Crippen LogP contribution < -0.4 is 0 Å². The topological polar surface area (TPSA) is 67.2 Å². The normalized spacial score (nSPS) is 19.7. The largest absolute Gasteiger partial charge is 0.270 e. The number of nitriles is 1. The second-order valence-corrected chi connectivity index (χ2v) is 4.89. The summed E-state index contributed by atoms with van der Waals surface area (Å²) in [6, 6.07) is 1.97. The molecule has 80 valence electrons. The summed E-state index contributed by atoms with van der Waals surface area (Å²) >= 11 is 0. The lowest BCUT2D eigenvalue weighted by Crippen LogP contribution is -2.09. The van der Waals surface area contributed by atoms with Gasteiger partial charge in [0.05, 0.1) is 18.4 Å². The minimum atomic E-state index is -3.36. The highest BCUT2D eigenvalue weighted by atomic mass is 32.2. The Bertz CT molecular complexity index is 459. The van der Waals surface area contributed by atoms with Crippen molar-refractivity contribution in [2.45, 2.75) is 12.8 Å². The van der Waals surface area contributed by atoms with Crippen LogP contribution in [0.15, 0.2) is 11.6 Å². The molecule has 1 atom stereocenters. The molecule has 0 fully saturated rings. The van der Waals surface area contributed by atoms with Gasteiger partial charge in [-0.3, -0.25) is 4.18 Å². The summed E-state index contributed by atoms with van der Waals surface area (Å²) in [6.07, 6.45) is 4.03. The minimum absolute atomic E-state index is 0.0869. The molecule has 1 unspecified atom stereocenters. The molecule has 0 N–H and O–H groups in total. The van der Waals surface area contributed by atoms with Crippen LogP contribution in [0.5, 0.6) is 0 Å². The van der Waals surface area contributed by atoms with Crippen LogP contribution in [0.25, 0.3) is 0 Å². The fourth-order valence-corrected chi connectivity index (χ4v) is 1.55. The van der Waals surface area contributed by atoms with Crippen LogP contribution in [0.4, 0.5) is 0 Å². The summed E-state index contributed by atoms with van der Waals surface area (Å²) in [7, 11) is -3.36. The molecule has 15 heavy (non-hydrogen) atoms. The Kier molecular flexibility index (Phi) is 3.90. The van der Waals surface area contributed by atoms with E-state index >= 15 is 0 Å². The molecular weight excluding hydrogens is 214 g/mol. The van der Waals surface area contributed by atoms with Crippen molar-refractivity contribution < 1.29 is 12.6 Å². The summed E-state index contributed by atoms with van der Waals surface area (Å²) in [5, 5.41) is 8.54. The predicted octanol–water partition coefficient (Wildman–Crippen LogP) is 0.826. The number of nitrogens with zero attached hydrogens (tertiary/aromatic N) is 1. The third-order valence-corrected chi connectivity index (χ3v) is 2.50. The van der Waals surface area contributed by atoms with Crippen molar-refractivity contribution in [2.75, 3.05) is 12.9 Å². The zero-order valence-electron chi connectivity index (χ0n) is 8.36. The Hall–Kier alpha value is -1.30. The molecule has 0 aromatic rings. The van der Waals surface area contributed by atoms with Gasteiger partial charge in [0.15, 0.2) is 0 Å². The highest BCUT2D eigenvalue weighted by Gasteiger charge is 2.10. The van der Waals surface area contributed by atoms with Crippen LogP contribution in [0, 0.1) is 29.1 Å². The van der Waals surface area contributed by atoms with Crippen LogP contribution in [-0.4, -0.2) is 21.3 Å². The lowest BCUT2D eigenvalue weighted by Gasteiger charge is -2.09. The van der Waals surface area contributed by atoms with Crippen LogP contribution in [0.2, 0.25) is 0 Å². The van der Waals surface area contributed by atoms with Crippen molar-refractivity contribution in [2.24, 2.45) is 5.92 Å². The van der Waals surface area contributed by atoms with Gasteiger partial charge >= 0.3 is 0 Å². The molecule has 0 saturated carbocycles. The molecule has 0 amide bonds. The van der Waals surface area contributed by atoms with Crippen LogP contribution in [0.3, 0.4) is 0 Å². The average Bonchev–Trinajstić information content (AvgIpc) is 2.17. The van der Waals surface area contributed by atoms with Crippen LogP contribution in [0.1, 0.15) is 12.8 Å². The molecule has 4 nitrogen and oxygen atoms in total. The summed E-state index contributed by atoms with van der Waals surface area (Å²) < 4.78 is 25.9. The van der Waals surface area contributed by atoms with E-state index in [1.807, 2.05) is 6.07 Å². The summed E-state index contributed by atoms with van der Waals surface area (Å²) in [5.74, 6) is 5.69. The van der Waals surface area contributed by atoms with Crippen molar-refractivity contribution >= 4 is 10.1 Å². The first-order valence-electron chi connectivity index (χ1n) is 4.47. The second-order valence-electron chi connectivity index (χ2n) is 3.25. The van der Waals surface area contributed by atoms with Gasteiger partial charge in [-0.25, -0.2) is 0 Å². The van der Waals surface area contributed by atoms with Crippen molar-refractivity contribution in [1.82, 2.24) is 0 Å². The smallest absolute Gasteiger partial charge is 0.264 e. The van der Waals surface area contributed by atoms with E-state index in [4.69, 9.17) is 5.26 Å². The van der Waals surface area contributed by atoms with E-state index in [0.717, 1.165) is 6.26 Å². The number of hydrogen-bond donors (Lipinski definition) is 0. The average molecular weight is 225 g/mol. The van der Waals surface area contributed by atoms with Crippen molar-refractivity contribution in [3.63, 3.8) is 0 Å². The molecule has 1 rings (SSSR count). The zero-order valence-corrected chi connectivity index (χ0v) is 9.17. The van der Waals surface area contributed by atoms with Gasteiger partial charge in [-0.05, 0) is 12.8 Å². The maximum atomic E-state index is 10.7. The Morgan fingerprint density at radius 1 is 1.73 bits per heavy atom. The molecule has 0 aromatic carbocycles. The molecule has 0 aliphatic heterocycles. The third kappa shape index (κ3) is 4.64. The number of rotatable bonds is 4. The van der Waals surface area contributed by atoms with Crippen LogP contribution in [-0.2, 0) is 14.3 Å². The van der Waals surface area contributed by atoms with E-state index in [1.54, 1.807) is 6.08 Å². The van der Waals surface area contributed by atoms with Gasteiger partial charge in [-0.1, -0.05) is 17.9 Å². The molecule has 0 bridgehead atoms. The highest BCUT2D eigenvalue weighted by molar-refractivity contribution is 7.85. The fraction of sp³-hybridized carbons (Fsp3) is 0.500. The van der Waals surface area contributed by atoms with E-state index in [9.17, 15) is 8.42 Å². The molecule has 0 spiro atoms. The third-order valence-electron chi connectivity index (χ3n) is 1.90. The number of hydrogen-bond acceptors (Lipinski definition) is 4. The minimum Gasteiger partial charge on any atom is -0.270 e. The Labute approximate surface area is 89.7 Å². The summed E-state index contributed by atoms with van der Waals surface area (Å²) in [6.45, 7) is 0.147. The van der Waals surface area contributed by atoms with Gasteiger partial charge in [0.25, 0.3) is 10.1 Å². The summed E-state index contributed by atoms with van der Waals surface area (Å²) in [5.41, 5.74) is 0.482. The van der Waals surface area contributed by atoms with E-state index < -0.39 is 10.1 Å². The highest BCUT2D eigenvalue weighted by Crippen LogP contribution is 2.14. The van der Waals surface area contributed by atoms with Gasteiger partial charge < -0.3 is 0 Å². The van der Waals surface area contributed by atoms with E-state index in [0.29, 0.717) is 18.4 Å². The predicted molar refractivity (Wildman–Crippen MR) is 55.0 cm³/mol. The molecule has 5 heteroatoms. The first-order chi connectivity index (χ1) is 7.01. The van der Waals surface area contributed by atoms with Gasteiger partial charge in [-0.2, -0.15) is 13.7 Å². The Morgan fingerprint density at radius 2 is 2.47 bits per heavy atom. The molecule has 0 radical (unpaired) electrons. The number of allylic oxidation sites excluding steroid dienone is 2. The van der Waals surface area contributed by atoms with Crippen molar-refractivity contribution in [3.05, 3.63) is 11.6 Å². The van der Waals surface area contributed by atoms with Crippen LogP contribution >= 0.6 is 0 Å². The van der Waals surface area contributed by atoms with Gasteiger partial charge in [0, 0.05) is 5.92 Å². The zero-order chi connectivity index (χ0) is 11.3. The van der Waals surface area contributed by atoms with Gasteiger partial charge in [-0.15, -0.1) is 0 Å². The molecular formula is C10H11NO3S. The van der Waals surface area contributed by atoms with Crippen molar-refractivity contribution in [3.8, 4) is 17.9 Å². The lowest BCUT2D eigenvalue weighted by molar-refractivity contribution is 0.300. The second kappa shape index (κ2) is 4.97. The lowest BCUT2D eigenvalue weighted by atomic mass is 9.97. The monoisotopic (exact) mass is 225 g/mol. The molecule has 1 aliphatic rings. The molecule has 1 aliphatic carbocycles. The molecule has 0 aromatic heterocycles. The Morgan fingerprint density at radius 3 is 2.93 bits per heavy atom. The maximum Gasteiger partial charge on any atom is 0.264 e. The van der Waals surface area contributed by atoms with Gasteiger partial charge in [0.2, 0.25) is 0 Å². The maximum absolute atomic E-state index is 10.7. The Balaban J connectivity index is 2.34. The van der Waals surface area contributed by atoms with E-state index in [-0.39, 0.29) is 12.5 Å². The summed E-state index contributed by atoms with van der Waals surface area (Å²) in [4.78, 5) is 0. The fourth-order valence-electron chi connectivity index (χ4n) is 1.16. The molecule has 0 saturated heterocycles. The van der Waals surface area contributed by atoms with Crippen molar-refractivity contribution in [1.29, 1.82) is 5.26 Å². The first-order valence-corrected chi connectivity index (χ1v) is 6.29.